The molecule has 86 valence electrons. The molecule has 2 aliphatic carbocycles. The Hall–Kier alpha value is -0.800. The minimum Gasteiger partial charge on any atom is -0.493 e. The third kappa shape index (κ3) is 1.68. The van der Waals surface area contributed by atoms with Gasteiger partial charge in [-0.2, -0.15) is 0 Å². The molecule has 0 fully saturated rings. The van der Waals surface area contributed by atoms with Crippen LogP contribution in [0.5, 0.6) is 0 Å². The number of hydrogen-bond donors (Lipinski definition) is 0. The summed E-state index contributed by atoms with van der Waals surface area (Å²) in [5.74, 6) is -0.427. The number of hydrogen-bond acceptors (Lipinski definition) is 3. The first-order valence-electron chi connectivity index (χ1n) is 4.92. The molecule has 0 aromatic carbocycles. The summed E-state index contributed by atoms with van der Waals surface area (Å²) in [6.45, 7) is 0. The van der Waals surface area contributed by atoms with Crippen molar-refractivity contribution in [1.82, 2.24) is 0 Å². The molecule has 0 saturated carbocycles. The number of methoxy groups -OCH3 is 1. The average Bonchev–Trinajstić information content (AvgIpc) is 2.27. The standard InChI is InChI=1S/C11H10Cl2O3/c1-16-8-4-7(14)9-5(11(8)15)2-3-6(12)10(9)13/h4,6,10H,2-3H2,1H3. The van der Waals surface area contributed by atoms with Gasteiger partial charge in [-0.05, 0) is 12.8 Å². The van der Waals surface area contributed by atoms with E-state index in [1.54, 1.807) is 0 Å². The van der Waals surface area contributed by atoms with E-state index in [2.05, 4.69) is 0 Å². The van der Waals surface area contributed by atoms with Crippen molar-refractivity contribution in [2.45, 2.75) is 23.6 Å². The van der Waals surface area contributed by atoms with E-state index >= 15 is 0 Å². The van der Waals surface area contributed by atoms with Crippen molar-refractivity contribution in [2.75, 3.05) is 7.11 Å². The smallest absolute Gasteiger partial charge is 0.224 e. The van der Waals surface area contributed by atoms with Crippen LogP contribution in [0.1, 0.15) is 12.8 Å². The van der Waals surface area contributed by atoms with E-state index in [0.29, 0.717) is 24.0 Å². The highest BCUT2D eigenvalue weighted by Gasteiger charge is 2.38. The Morgan fingerprint density at radius 2 is 2.06 bits per heavy atom. The van der Waals surface area contributed by atoms with Gasteiger partial charge in [0.1, 0.15) is 0 Å². The molecule has 0 spiro atoms. The van der Waals surface area contributed by atoms with E-state index in [1.807, 2.05) is 0 Å². The lowest BCUT2D eigenvalue weighted by Gasteiger charge is -2.28. The van der Waals surface area contributed by atoms with E-state index in [9.17, 15) is 9.59 Å². The fraction of sp³-hybridized carbons (Fsp3) is 0.455. The van der Waals surface area contributed by atoms with E-state index in [0.717, 1.165) is 0 Å². The van der Waals surface area contributed by atoms with E-state index < -0.39 is 5.38 Å². The van der Waals surface area contributed by atoms with Crippen LogP contribution >= 0.6 is 23.2 Å². The lowest BCUT2D eigenvalue weighted by molar-refractivity contribution is -0.118. The Bertz CT molecular complexity index is 423. The molecule has 5 heteroatoms. The molecule has 3 nitrogen and oxygen atoms in total. The third-order valence-corrected chi connectivity index (χ3v) is 3.96. The van der Waals surface area contributed by atoms with Crippen molar-refractivity contribution in [2.24, 2.45) is 0 Å². The van der Waals surface area contributed by atoms with E-state index in [1.165, 1.54) is 13.2 Å². The van der Waals surface area contributed by atoms with Crippen molar-refractivity contribution in [3.63, 3.8) is 0 Å². The highest BCUT2D eigenvalue weighted by molar-refractivity contribution is 6.36. The number of rotatable bonds is 1. The quantitative estimate of drug-likeness (QED) is 0.535. The molecular weight excluding hydrogens is 251 g/mol. The zero-order chi connectivity index (χ0) is 11.9. The molecule has 0 N–H and O–H groups in total. The van der Waals surface area contributed by atoms with Gasteiger partial charge in [0.05, 0.1) is 17.9 Å². The number of ketones is 2. The highest BCUT2D eigenvalue weighted by atomic mass is 35.5. The molecule has 0 heterocycles. The Kier molecular flexibility index (Phi) is 3.08. The second-order valence-corrected chi connectivity index (χ2v) is 4.79. The number of carbonyl (C=O) groups is 2. The van der Waals surface area contributed by atoms with Gasteiger partial charge in [0.15, 0.2) is 11.5 Å². The molecule has 0 radical (unpaired) electrons. The number of carbonyl (C=O) groups excluding carboxylic acids is 2. The van der Waals surface area contributed by atoms with Crippen LogP contribution in [0, 0.1) is 0 Å². The number of alkyl halides is 2. The van der Waals surface area contributed by atoms with Crippen LogP contribution in [0.4, 0.5) is 0 Å². The Morgan fingerprint density at radius 3 is 2.69 bits per heavy atom. The van der Waals surface area contributed by atoms with Crippen molar-refractivity contribution >= 4 is 34.8 Å². The Balaban J connectivity index is 2.45. The predicted octanol–water partition coefficient (Wildman–Crippen LogP) is 1.97. The fourth-order valence-electron chi connectivity index (χ4n) is 1.99. The topological polar surface area (TPSA) is 43.4 Å². The maximum atomic E-state index is 11.9. The van der Waals surface area contributed by atoms with Crippen molar-refractivity contribution in [3.8, 4) is 0 Å². The maximum absolute atomic E-state index is 11.9. The van der Waals surface area contributed by atoms with Crippen LogP contribution in [0.25, 0.3) is 0 Å². The minimum absolute atomic E-state index is 0.0839. The molecule has 2 rings (SSSR count). The molecule has 0 aromatic rings. The molecule has 2 atom stereocenters. The Labute approximate surface area is 103 Å². The molecule has 2 unspecified atom stereocenters. The van der Waals surface area contributed by atoms with Crippen molar-refractivity contribution in [1.29, 1.82) is 0 Å². The summed E-state index contributed by atoms with van der Waals surface area (Å²) in [6, 6.07) is 0. The first-order chi connectivity index (χ1) is 7.56. The van der Waals surface area contributed by atoms with E-state index in [4.69, 9.17) is 27.9 Å². The van der Waals surface area contributed by atoms with Crippen LogP contribution in [-0.2, 0) is 14.3 Å². The second-order valence-electron chi connectivity index (χ2n) is 3.75. The average molecular weight is 261 g/mol. The van der Waals surface area contributed by atoms with Gasteiger partial charge >= 0.3 is 0 Å². The lowest BCUT2D eigenvalue weighted by Crippen LogP contribution is -2.33. The summed E-state index contributed by atoms with van der Waals surface area (Å²) in [5.41, 5.74) is 0.806. The van der Waals surface area contributed by atoms with Gasteiger partial charge in [-0.25, -0.2) is 0 Å². The summed E-state index contributed by atoms with van der Waals surface area (Å²) < 4.78 is 4.87. The van der Waals surface area contributed by atoms with Crippen LogP contribution < -0.4 is 0 Å². The minimum atomic E-state index is -0.587. The largest absolute Gasteiger partial charge is 0.493 e. The van der Waals surface area contributed by atoms with Gasteiger partial charge in [0.2, 0.25) is 5.78 Å². The fourth-order valence-corrected chi connectivity index (χ4v) is 2.59. The first kappa shape index (κ1) is 11.7. The molecule has 2 aliphatic rings. The van der Waals surface area contributed by atoms with Crippen LogP contribution in [0.2, 0.25) is 0 Å². The van der Waals surface area contributed by atoms with Crippen LogP contribution in [-0.4, -0.2) is 29.4 Å². The van der Waals surface area contributed by atoms with Crippen LogP contribution in [0.15, 0.2) is 23.0 Å². The van der Waals surface area contributed by atoms with Gasteiger partial charge in [-0.3, -0.25) is 9.59 Å². The zero-order valence-corrected chi connectivity index (χ0v) is 10.1. The van der Waals surface area contributed by atoms with Gasteiger partial charge in [-0.15, -0.1) is 23.2 Å². The van der Waals surface area contributed by atoms with Crippen molar-refractivity contribution in [3.05, 3.63) is 23.0 Å². The SMILES string of the molecule is COC1=CC(=O)C2=C(CCC(Cl)C2Cl)C1=O. The summed E-state index contributed by atoms with van der Waals surface area (Å²) in [6.07, 6.45) is 2.27. The normalized spacial score (nSPS) is 30.1. The van der Waals surface area contributed by atoms with Gasteiger partial charge < -0.3 is 4.74 Å². The van der Waals surface area contributed by atoms with E-state index in [-0.39, 0.29) is 22.7 Å². The highest BCUT2D eigenvalue weighted by Crippen LogP contribution is 2.37. The molecule has 0 amide bonds. The number of ether oxygens (including phenoxy) is 1. The predicted molar refractivity (Wildman–Crippen MR) is 60.6 cm³/mol. The molecule has 0 aliphatic heterocycles. The first-order valence-corrected chi connectivity index (χ1v) is 5.79. The summed E-state index contributed by atoms with van der Waals surface area (Å²) in [7, 11) is 1.37. The second kappa shape index (κ2) is 4.22. The van der Waals surface area contributed by atoms with Crippen LogP contribution in [0.3, 0.4) is 0 Å². The maximum Gasteiger partial charge on any atom is 0.224 e. The molecule has 0 aromatic heterocycles. The number of Topliss-reactive ketones (excluding diaryl/α,β-unsaturated/α-hetero) is 1. The summed E-state index contributed by atoms with van der Waals surface area (Å²) >= 11 is 12.0. The number of halogens is 2. The monoisotopic (exact) mass is 260 g/mol. The Morgan fingerprint density at radius 1 is 1.38 bits per heavy atom. The summed E-state index contributed by atoms with van der Waals surface area (Å²) in [5, 5.41) is -0.883. The molecule has 16 heavy (non-hydrogen) atoms. The van der Waals surface area contributed by atoms with Gasteiger partial charge in [0.25, 0.3) is 0 Å². The zero-order valence-electron chi connectivity index (χ0n) is 8.63. The number of allylic oxidation sites excluding steroid dienone is 3. The molecule has 0 bridgehead atoms. The van der Waals surface area contributed by atoms with Crippen molar-refractivity contribution < 1.29 is 14.3 Å². The van der Waals surface area contributed by atoms with Gasteiger partial charge in [0, 0.05) is 17.2 Å². The molecule has 0 saturated heterocycles. The lowest BCUT2D eigenvalue weighted by atomic mass is 9.82. The van der Waals surface area contributed by atoms with Gasteiger partial charge in [-0.1, -0.05) is 0 Å². The molecular formula is C11H10Cl2O3. The third-order valence-electron chi connectivity index (χ3n) is 2.83. The summed E-state index contributed by atoms with van der Waals surface area (Å²) in [4.78, 5) is 23.7.